The van der Waals surface area contributed by atoms with Gasteiger partial charge in [0.1, 0.15) is 5.75 Å². The fraction of sp³-hybridized carbons (Fsp3) is 0.588. The van der Waals surface area contributed by atoms with Crippen LogP contribution in [-0.2, 0) is 11.3 Å². The van der Waals surface area contributed by atoms with Gasteiger partial charge in [-0.2, -0.15) is 0 Å². The number of benzene rings is 1. The van der Waals surface area contributed by atoms with Gasteiger partial charge in [-0.3, -0.25) is 4.79 Å². The topological polar surface area (TPSA) is 55.6 Å². The molecule has 0 heterocycles. The van der Waals surface area contributed by atoms with Gasteiger partial charge in [0.15, 0.2) is 0 Å². The second-order valence-corrected chi connectivity index (χ2v) is 6.69. The fourth-order valence-electron chi connectivity index (χ4n) is 3.18. The van der Waals surface area contributed by atoms with Crippen LogP contribution in [0.25, 0.3) is 0 Å². The smallest absolute Gasteiger partial charge is 0.406 e. The minimum absolute atomic E-state index is 0. The molecule has 1 fully saturated rings. The van der Waals surface area contributed by atoms with Crippen LogP contribution in [0.15, 0.2) is 24.3 Å². The Morgan fingerprint density at radius 1 is 1.32 bits per heavy atom. The molecule has 0 aromatic heterocycles. The van der Waals surface area contributed by atoms with Gasteiger partial charge < -0.3 is 15.4 Å². The van der Waals surface area contributed by atoms with Crippen LogP contribution in [0.4, 0.5) is 13.2 Å². The minimum atomic E-state index is -4.71. The lowest BCUT2D eigenvalue weighted by Gasteiger charge is -2.39. The standard InChI is InChI=1S/C17H23F3N2O2.ClH/c1-16(21)10-4-3-5-14(16)15(23)22(2)11-12-6-8-13(9-7-12)24-17(18,19)20;/h6-9,14H,3-5,10-11,21H2,1-2H3;1H. The number of hydrogen-bond acceptors (Lipinski definition) is 3. The van der Waals surface area contributed by atoms with E-state index in [0.717, 1.165) is 31.2 Å². The second kappa shape index (κ2) is 8.27. The highest BCUT2D eigenvalue weighted by molar-refractivity contribution is 5.85. The summed E-state index contributed by atoms with van der Waals surface area (Å²) in [5.41, 5.74) is 6.49. The van der Waals surface area contributed by atoms with Crippen molar-refractivity contribution in [1.29, 1.82) is 0 Å². The zero-order chi connectivity index (χ0) is 18.0. The van der Waals surface area contributed by atoms with Gasteiger partial charge in [0, 0.05) is 19.1 Å². The van der Waals surface area contributed by atoms with Crippen molar-refractivity contribution in [2.24, 2.45) is 11.7 Å². The van der Waals surface area contributed by atoms with Crippen LogP contribution in [0.5, 0.6) is 5.75 Å². The van der Waals surface area contributed by atoms with Crippen molar-refractivity contribution in [3.8, 4) is 5.75 Å². The highest BCUT2D eigenvalue weighted by atomic mass is 35.5. The monoisotopic (exact) mass is 380 g/mol. The Balaban J connectivity index is 0.00000312. The summed E-state index contributed by atoms with van der Waals surface area (Å²) in [4.78, 5) is 14.2. The first-order valence-electron chi connectivity index (χ1n) is 7.97. The number of nitrogens with zero attached hydrogens (tertiary/aromatic N) is 1. The molecule has 1 aliphatic carbocycles. The third-order valence-electron chi connectivity index (χ3n) is 4.51. The molecule has 0 aliphatic heterocycles. The zero-order valence-corrected chi connectivity index (χ0v) is 15.1. The van der Waals surface area contributed by atoms with Crippen LogP contribution in [0, 0.1) is 5.92 Å². The van der Waals surface area contributed by atoms with Crippen molar-refractivity contribution in [3.05, 3.63) is 29.8 Å². The van der Waals surface area contributed by atoms with Crippen LogP contribution in [0.1, 0.15) is 38.2 Å². The lowest BCUT2D eigenvalue weighted by molar-refractivity contribution is -0.274. The van der Waals surface area contributed by atoms with Crippen LogP contribution in [0.2, 0.25) is 0 Å². The van der Waals surface area contributed by atoms with Gasteiger partial charge in [-0.25, -0.2) is 0 Å². The Hall–Kier alpha value is -1.47. The molecule has 2 N–H and O–H groups in total. The van der Waals surface area contributed by atoms with Gasteiger partial charge in [0.25, 0.3) is 0 Å². The zero-order valence-electron chi connectivity index (χ0n) is 14.3. The minimum Gasteiger partial charge on any atom is -0.406 e. The maximum absolute atomic E-state index is 12.6. The summed E-state index contributed by atoms with van der Waals surface area (Å²) in [6.07, 6.45) is -1.10. The predicted molar refractivity (Wildman–Crippen MR) is 91.4 cm³/mol. The third kappa shape index (κ3) is 6.08. The fourth-order valence-corrected chi connectivity index (χ4v) is 3.18. The highest BCUT2D eigenvalue weighted by Gasteiger charge is 2.39. The van der Waals surface area contributed by atoms with Gasteiger partial charge in [-0.15, -0.1) is 25.6 Å². The van der Waals surface area contributed by atoms with E-state index < -0.39 is 11.9 Å². The molecule has 8 heteroatoms. The maximum atomic E-state index is 12.6. The summed E-state index contributed by atoms with van der Waals surface area (Å²) in [6.45, 7) is 2.23. The first-order chi connectivity index (χ1) is 11.1. The number of carbonyl (C=O) groups is 1. The molecule has 1 aliphatic rings. The van der Waals surface area contributed by atoms with Crippen LogP contribution in [0.3, 0.4) is 0 Å². The Morgan fingerprint density at radius 3 is 2.44 bits per heavy atom. The predicted octanol–water partition coefficient (Wildman–Crippen LogP) is 3.87. The van der Waals surface area contributed by atoms with Gasteiger partial charge >= 0.3 is 6.36 Å². The Labute approximate surface area is 151 Å². The van der Waals surface area contributed by atoms with E-state index in [1.54, 1.807) is 11.9 Å². The van der Waals surface area contributed by atoms with Crippen molar-refractivity contribution in [2.45, 2.75) is 51.1 Å². The first-order valence-corrected chi connectivity index (χ1v) is 7.97. The molecule has 4 nitrogen and oxygen atoms in total. The number of hydrogen-bond donors (Lipinski definition) is 1. The van der Waals surface area contributed by atoms with E-state index in [0.29, 0.717) is 6.54 Å². The first kappa shape index (κ1) is 21.6. The van der Waals surface area contributed by atoms with E-state index in [-0.39, 0.29) is 30.0 Å². The SMILES string of the molecule is CN(Cc1ccc(OC(F)(F)F)cc1)C(=O)C1CCCCC1(C)N.Cl. The molecule has 2 atom stereocenters. The lowest BCUT2D eigenvalue weighted by Crippen LogP contribution is -2.53. The second-order valence-electron chi connectivity index (χ2n) is 6.69. The lowest BCUT2D eigenvalue weighted by atomic mass is 9.74. The van der Waals surface area contributed by atoms with Crippen molar-refractivity contribution in [1.82, 2.24) is 4.90 Å². The molecular weight excluding hydrogens is 357 g/mol. The van der Waals surface area contributed by atoms with Crippen LogP contribution in [-0.4, -0.2) is 29.8 Å². The maximum Gasteiger partial charge on any atom is 0.573 e. The Bertz CT molecular complexity index is 576. The molecule has 0 radical (unpaired) electrons. The van der Waals surface area contributed by atoms with E-state index in [1.165, 1.54) is 24.3 Å². The number of amides is 1. The van der Waals surface area contributed by atoms with E-state index >= 15 is 0 Å². The summed E-state index contributed by atoms with van der Waals surface area (Å²) in [5.74, 6) is -0.513. The van der Waals surface area contributed by atoms with E-state index in [9.17, 15) is 18.0 Å². The van der Waals surface area contributed by atoms with Crippen molar-refractivity contribution >= 4 is 18.3 Å². The van der Waals surface area contributed by atoms with Crippen LogP contribution < -0.4 is 10.5 Å². The Kier molecular flexibility index (Phi) is 7.14. The highest BCUT2D eigenvalue weighted by Crippen LogP contribution is 2.33. The van der Waals surface area contributed by atoms with Gasteiger partial charge in [0.2, 0.25) is 5.91 Å². The van der Waals surface area contributed by atoms with Gasteiger partial charge in [-0.1, -0.05) is 25.0 Å². The number of ether oxygens (including phenoxy) is 1. The normalized spacial score (nSPS) is 23.5. The molecule has 2 rings (SSSR count). The Morgan fingerprint density at radius 2 is 1.92 bits per heavy atom. The molecular formula is C17H24ClF3N2O2. The quantitative estimate of drug-likeness (QED) is 0.862. The van der Waals surface area contributed by atoms with Gasteiger partial charge in [0.05, 0.1) is 5.92 Å². The summed E-state index contributed by atoms with van der Waals surface area (Å²) < 4.78 is 40.3. The molecule has 25 heavy (non-hydrogen) atoms. The third-order valence-corrected chi connectivity index (χ3v) is 4.51. The molecule has 142 valence electrons. The summed E-state index contributed by atoms with van der Waals surface area (Å²) >= 11 is 0. The molecule has 0 bridgehead atoms. The molecule has 0 spiro atoms. The van der Waals surface area contributed by atoms with Gasteiger partial charge in [-0.05, 0) is 37.5 Å². The summed E-state index contributed by atoms with van der Waals surface area (Å²) in [6, 6.07) is 5.53. The molecule has 1 amide bonds. The number of carbonyl (C=O) groups excluding carboxylic acids is 1. The molecule has 1 aromatic carbocycles. The summed E-state index contributed by atoms with van der Waals surface area (Å²) in [5, 5.41) is 0. The largest absolute Gasteiger partial charge is 0.573 e. The van der Waals surface area contributed by atoms with E-state index in [1.807, 2.05) is 6.92 Å². The summed E-state index contributed by atoms with van der Waals surface area (Å²) in [7, 11) is 1.69. The number of alkyl halides is 3. The van der Waals surface area contributed by atoms with E-state index in [4.69, 9.17) is 5.73 Å². The number of rotatable bonds is 4. The molecule has 0 saturated heterocycles. The number of halogens is 4. The van der Waals surface area contributed by atoms with E-state index in [2.05, 4.69) is 4.74 Å². The molecule has 1 aromatic rings. The average molecular weight is 381 g/mol. The average Bonchev–Trinajstić information content (AvgIpc) is 2.46. The van der Waals surface area contributed by atoms with Crippen molar-refractivity contribution in [2.75, 3.05) is 7.05 Å². The van der Waals surface area contributed by atoms with Crippen molar-refractivity contribution < 1.29 is 22.7 Å². The molecule has 1 saturated carbocycles. The molecule has 2 unspecified atom stereocenters. The van der Waals surface area contributed by atoms with Crippen LogP contribution >= 0.6 is 12.4 Å². The number of nitrogens with two attached hydrogens (primary N) is 1. The van der Waals surface area contributed by atoms with Crippen molar-refractivity contribution in [3.63, 3.8) is 0 Å².